The van der Waals surface area contributed by atoms with E-state index in [2.05, 4.69) is 13.8 Å². The Kier molecular flexibility index (Phi) is 3.48. The highest BCUT2D eigenvalue weighted by Crippen LogP contribution is 2.39. The summed E-state index contributed by atoms with van der Waals surface area (Å²) in [7, 11) is 0. The number of nitrogens with two attached hydrogens (primary N) is 1. The van der Waals surface area contributed by atoms with Crippen molar-refractivity contribution in [3.05, 3.63) is 0 Å². The first-order valence-electron chi connectivity index (χ1n) is 5.28. The monoisotopic (exact) mass is 183 g/mol. The molecule has 0 bridgehead atoms. The van der Waals surface area contributed by atoms with Gasteiger partial charge in [-0.2, -0.15) is 0 Å². The Morgan fingerprint density at radius 1 is 1.54 bits per heavy atom. The van der Waals surface area contributed by atoms with Crippen molar-refractivity contribution in [3.63, 3.8) is 0 Å². The normalized spacial score (nSPS) is 27.2. The third kappa shape index (κ3) is 3.11. The lowest BCUT2D eigenvalue weighted by atomic mass is 9.70. The average molecular weight is 183 g/mol. The topological polar surface area (TPSA) is 43.1 Å². The molecule has 0 spiro atoms. The molecule has 1 aliphatic carbocycles. The highest BCUT2D eigenvalue weighted by Gasteiger charge is 2.31. The van der Waals surface area contributed by atoms with Gasteiger partial charge in [0.05, 0.1) is 0 Å². The number of ketones is 1. The van der Waals surface area contributed by atoms with Gasteiger partial charge in [0.2, 0.25) is 0 Å². The fraction of sp³-hybridized carbons (Fsp3) is 0.909. The Morgan fingerprint density at radius 2 is 2.23 bits per heavy atom. The van der Waals surface area contributed by atoms with E-state index in [1.54, 1.807) is 0 Å². The van der Waals surface area contributed by atoms with Crippen LogP contribution >= 0.6 is 0 Å². The second kappa shape index (κ2) is 4.23. The molecule has 1 saturated carbocycles. The molecule has 0 aromatic carbocycles. The minimum absolute atomic E-state index is 0.298. The molecule has 0 amide bonds. The van der Waals surface area contributed by atoms with Crippen LogP contribution in [0.3, 0.4) is 0 Å². The van der Waals surface area contributed by atoms with Crippen molar-refractivity contribution in [1.82, 2.24) is 0 Å². The molecule has 0 aliphatic heterocycles. The van der Waals surface area contributed by atoms with Crippen LogP contribution in [0.15, 0.2) is 0 Å². The molecule has 1 aliphatic rings. The minimum atomic E-state index is 0.298. The first-order chi connectivity index (χ1) is 6.05. The van der Waals surface area contributed by atoms with Gasteiger partial charge in [-0.25, -0.2) is 0 Å². The van der Waals surface area contributed by atoms with Crippen LogP contribution in [0.1, 0.15) is 46.0 Å². The van der Waals surface area contributed by atoms with Crippen LogP contribution in [-0.4, -0.2) is 12.3 Å². The molecule has 1 rings (SSSR count). The summed E-state index contributed by atoms with van der Waals surface area (Å²) in [4.78, 5) is 11.6. The van der Waals surface area contributed by atoms with Gasteiger partial charge < -0.3 is 5.73 Å². The van der Waals surface area contributed by atoms with E-state index < -0.39 is 0 Å². The third-order valence-corrected chi connectivity index (χ3v) is 3.05. The standard InChI is InChI=1S/C11H21NO/c1-11(2)6-3-4-9(8-11)10(13)5-7-12/h9H,3-8,12H2,1-2H3. The molecule has 2 N–H and O–H groups in total. The molecule has 76 valence electrons. The number of hydrogen-bond acceptors (Lipinski definition) is 2. The van der Waals surface area contributed by atoms with E-state index in [0.29, 0.717) is 30.1 Å². The van der Waals surface area contributed by atoms with Crippen LogP contribution in [0.4, 0.5) is 0 Å². The van der Waals surface area contributed by atoms with Crippen molar-refractivity contribution in [2.45, 2.75) is 46.0 Å². The quantitative estimate of drug-likeness (QED) is 0.728. The van der Waals surface area contributed by atoms with E-state index in [1.807, 2.05) is 0 Å². The summed E-state index contributed by atoms with van der Waals surface area (Å²) in [6.07, 6.45) is 5.18. The highest BCUT2D eigenvalue weighted by atomic mass is 16.1. The van der Waals surface area contributed by atoms with Gasteiger partial charge >= 0.3 is 0 Å². The highest BCUT2D eigenvalue weighted by molar-refractivity contribution is 5.81. The van der Waals surface area contributed by atoms with Crippen molar-refractivity contribution < 1.29 is 4.79 Å². The summed E-state index contributed by atoms with van der Waals surface area (Å²) in [5.74, 6) is 0.683. The summed E-state index contributed by atoms with van der Waals surface area (Å²) in [5, 5.41) is 0. The predicted molar refractivity (Wildman–Crippen MR) is 54.4 cm³/mol. The first kappa shape index (κ1) is 10.7. The van der Waals surface area contributed by atoms with E-state index in [4.69, 9.17) is 5.73 Å². The summed E-state index contributed by atoms with van der Waals surface area (Å²) in [5.41, 5.74) is 5.75. The lowest BCUT2D eigenvalue weighted by Crippen LogP contribution is -2.28. The van der Waals surface area contributed by atoms with Crippen LogP contribution < -0.4 is 5.73 Å². The zero-order valence-electron chi connectivity index (χ0n) is 8.81. The number of hydrogen-bond donors (Lipinski definition) is 1. The maximum atomic E-state index is 11.6. The number of rotatable bonds is 3. The zero-order valence-corrected chi connectivity index (χ0v) is 8.81. The van der Waals surface area contributed by atoms with Crippen molar-refractivity contribution in [3.8, 4) is 0 Å². The van der Waals surface area contributed by atoms with Gasteiger partial charge in [-0.05, 0) is 31.2 Å². The van der Waals surface area contributed by atoms with Gasteiger partial charge in [0, 0.05) is 12.3 Å². The van der Waals surface area contributed by atoms with Crippen LogP contribution in [0.5, 0.6) is 0 Å². The molecule has 13 heavy (non-hydrogen) atoms. The second-order valence-electron chi connectivity index (χ2n) is 4.96. The maximum absolute atomic E-state index is 11.6. The van der Waals surface area contributed by atoms with Crippen molar-refractivity contribution in [1.29, 1.82) is 0 Å². The number of carbonyl (C=O) groups excluding carboxylic acids is 1. The lowest BCUT2D eigenvalue weighted by molar-refractivity contribution is -0.124. The molecule has 1 atom stereocenters. The van der Waals surface area contributed by atoms with Gasteiger partial charge in [0.1, 0.15) is 5.78 Å². The van der Waals surface area contributed by atoms with Crippen LogP contribution in [0, 0.1) is 11.3 Å². The summed E-state index contributed by atoms with van der Waals surface area (Å²) in [6.45, 7) is 5.03. The summed E-state index contributed by atoms with van der Waals surface area (Å²) >= 11 is 0. The fourth-order valence-corrected chi connectivity index (χ4v) is 2.32. The van der Waals surface area contributed by atoms with E-state index in [-0.39, 0.29) is 0 Å². The van der Waals surface area contributed by atoms with Gasteiger partial charge in [0.15, 0.2) is 0 Å². The molecule has 0 aromatic rings. The van der Waals surface area contributed by atoms with Crippen LogP contribution in [0.2, 0.25) is 0 Å². The van der Waals surface area contributed by atoms with Gasteiger partial charge in [-0.15, -0.1) is 0 Å². The molecule has 0 aromatic heterocycles. The molecular formula is C11H21NO. The maximum Gasteiger partial charge on any atom is 0.137 e. The molecule has 0 radical (unpaired) electrons. The molecule has 1 fully saturated rings. The van der Waals surface area contributed by atoms with Gasteiger partial charge in [-0.1, -0.05) is 20.3 Å². The molecular weight excluding hydrogens is 162 g/mol. The Hall–Kier alpha value is -0.370. The predicted octanol–water partition coefficient (Wildman–Crippen LogP) is 2.12. The van der Waals surface area contributed by atoms with Crippen molar-refractivity contribution in [2.24, 2.45) is 17.1 Å². The SMILES string of the molecule is CC1(C)CCCC(C(=O)CCN)C1. The second-order valence-corrected chi connectivity index (χ2v) is 4.96. The van der Waals surface area contributed by atoms with Crippen molar-refractivity contribution >= 4 is 5.78 Å². The lowest BCUT2D eigenvalue weighted by Gasteiger charge is -2.34. The van der Waals surface area contributed by atoms with Crippen molar-refractivity contribution in [2.75, 3.05) is 6.54 Å². The average Bonchev–Trinajstić information content (AvgIpc) is 2.03. The smallest absolute Gasteiger partial charge is 0.137 e. The van der Waals surface area contributed by atoms with E-state index in [1.165, 1.54) is 12.8 Å². The van der Waals surface area contributed by atoms with Crippen LogP contribution in [0.25, 0.3) is 0 Å². The van der Waals surface area contributed by atoms with Gasteiger partial charge in [0.25, 0.3) is 0 Å². The van der Waals surface area contributed by atoms with Crippen LogP contribution in [-0.2, 0) is 4.79 Å². The van der Waals surface area contributed by atoms with Gasteiger partial charge in [-0.3, -0.25) is 4.79 Å². The zero-order chi connectivity index (χ0) is 9.90. The Morgan fingerprint density at radius 3 is 2.77 bits per heavy atom. The Bertz CT molecular complexity index is 187. The first-order valence-corrected chi connectivity index (χ1v) is 5.28. The minimum Gasteiger partial charge on any atom is -0.330 e. The molecule has 2 heteroatoms. The number of carbonyl (C=O) groups is 1. The largest absolute Gasteiger partial charge is 0.330 e. The number of Topliss-reactive ketones (excluding diaryl/α,β-unsaturated/α-hetero) is 1. The summed E-state index contributed by atoms with van der Waals surface area (Å²) in [6, 6.07) is 0. The molecule has 0 saturated heterocycles. The Balaban J connectivity index is 2.47. The molecule has 0 heterocycles. The van der Waals surface area contributed by atoms with E-state index in [0.717, 1.165) is 12.8 Å². The molecule has 1 unspecified atom stereocenters. The summed E-state index contributed by atoms with van der Waals surface area (Å²) < 4.78 is 0. The van der Waals surface area contributed by atoms with E-state index in [9.17, 15) is 4.79 Å². The molecule has 2 nitrogen and oxygen atoms in total. The Labute approximate surface area is 80.9 Å². The fourth-order valence-electron chi connectivity index (χ4n) is 2.32. The van der Waals surface area contributed by atoms with E-state index >= 15 is 0 Å². The third-order valence-electron chi connectivity index (χ3n) is 3.05.